The number of likely N-dealkylation sites (N-methyl/N-ethyl adjacent to an activating group) is 1. The molecular weight excluding hydrogens is 450 g/mol. The van der Waals surface area contributed by atoms with Crippen molar-refractivity contribution >= 4 is 16.2 Å². The number of nitrogens with zero attached hydrogens (tertiary/aromatic N) is 2. The van der Waals surface area contributed by atoms with Crippen LogP contribution in [-0.2, 0) is 14.6 Å². The summed E-state index contributed by atoms with van der Waals surface area (Å²) >= 11 is 0. The van der Waals surface area contributed by atoms with E-state index in [1.54, 1.807) is 5.84 Å². The van der Waals surface area contributed by atoms with Gasteiger partial charge in [-0.3, -0.25) is 13.7 Å². The van der Waals surface area contributed by atoms with Gasteiger partial charge in [-0.1, -0.05) is 70.4 Å². The van der Waals surface area contributed by atoms with Gasteiger partial charge < -0.3 is 10.3 Å². The summed E-state index contributed by atoms with van der Waals surface area (Å²) in [4.78, 5) is 2.55. The summed E-state index contributed by atoms with van der Waals surface area (Å²) in [6.07, 6.45) is 23.9. The Morgan fingerprint density at radius 2 is 1.50 bits per heavy atom. The smallest absolute Gasteiger partial charge is 0.247 e. The number of amidine groups is 1. The number of hydrogen-bond donors (Lipinski definition) is 1. The third-order valence-corrected chi connectivity index (χ3v) is 6.60. The minimum atomic E-state index is -4.42. The van der Waals surface area contributed by atoms with E-state index in [0.29, 0.717) is 0 Å². The molecule has 0 spiro atoms. The van der Waals surface area contributed by atoms with Crippen LogP contribution < -0.4 is 5.73 Å². The van der Waals surface area contributed by atoms with Crippen LogP contribution in [-0.4, -0.2) is 67.6 Å². The average molecular weight is 504 g/mol. The van der Waals surface area contributed by atoms with Gasteiger partial charge in [-0.15, -0.1) is 0 Å². The summed E-state index contributed by atoms with van der Waals surface area (Å²) in [5, 5.41) is 0. The molecule has 0 aliphatic carbocycles. The molecule has 202 valence electrons. The van der Waals surface area contributed by atoms with Gasteiger partial charge in [-0.05, 0) is 46.0 Å². The van der Waals surface area contributed by atoms with Crippen LogP contribution in [0.15, 0.2) is 12.2 Å². The number of rotatable bonds is 20. The highest BCUT2D eigenvalue weighted by molar-refractivity contribution is 7.80. The van der Waals surface area contributed by atoms with Gasteiger partial charge in [0.25, 0.3) is 0 Å². The van der Waals surface area contributed by atoms with Crippen molar-refractivity contribution in [3.63, 3.8) is 0 Å². The van der Waals surface area contributed by atoms with Gasteiger partial charge in [0, 0.05) is 13.0 Å². The fourth-order valence-electron chi connectivity index (χ4n) is 4.25. The largest absolute Gasteiger partial charge is 0.726 e. The van der Waals surface area contributed by atoms with Crippen molar-refractivity contribution in [1.29, 1.82) is 0 Å². The zero-order valence-corrected chi connectivity index (χ0v) is 23.1. The fourth-order valence-corrected chi connectivity index (χ4v) is 4.54. The van der Waals surface area contributed by atoms with Gasteiger partial charge in [0.15, 0.2) is 0 Å². The molecule has 0 aromatic carbocycles. The molecule has 0 radical (unpaired) electrons. The zero-order chi connectivity index (χ0) is 25.5. The molecule has 1 aliphatic heterocycles. The Kier molecular flexibility index (Phi) is 21.9. The van der Waals surface area contributed by atoms with Crippen LogP contribution in [0.1, 0.15) is 111 Å². The van der Waals surface area contributed by atoms with E-state index in [-0.39, 0.29) is 6.61 Å². The predicted molar refractivity (Wildman–Crippen MR) is 142 cm³/mol. The van der Waals surface area contributed by atoms with Gasteiger partial charge in [-0.25, -0.2) is 8.42 Å². The molecule has 34 heavy (non-hydrogen) atoms. The summed E-state index contributed by atoms with van der Waals surface area (Å²) in [5.41, 5.74) is 5.76. The first-order chi connectivity index (χ1) is 16.4. The Morgan fingerprint density at radius 3 is 1.97 bits per heavy atom. The molecule has 0 unspecified atom stereocenters. The van der Waals surface area contributed by atoms with E-state index in [2.05, 4.69) is 39.7 Å². The lowest BCUT2D eigenvalue weighted by Gasteiger charge is -2.11. The molecule has 7 nitrogen and oxygen atoms in total. The van der Waals surface area contributed by atoms with Crippen molar-refractivity contribution < 1.29 is 21.7 Å². The van der Waals surface area contributed by atoms with Crippen LogP contribution in [0.5, 0.6) is 0 Å². The minimum Gasteiger partial charge on any atom is -0.726 e. The van der Waals surface area contributed by atoms with Gasteiger partial charge in [0.05, 0.1) is 19.7 Å². The van der Waals surface area contributed by atoms with Crippen molar-refractivity contribution in [2.45, 2.75) is 111 Å². The van der Waals surface area contributed by atoms with E-state index in [0.717, 1.165) is 19.6 Å². The Hall–Kier alpha value is -0.960. The summed E-state index contributed by atoms with van der Waals surface area (Å²) in [7, 11) is -4.42. The van der Waals surface area contributed by atoms with Crippen LogP contribution in [0.4, 0.5) is 0 Å². The molecule has 0 saturated carbocycles. The van der Waals surface area contributed by atoms with E-state index in [4.69, 9.17) is 5.73 Å². The molecular formula is C26H53N3O4S. The minimum absolute atomic E-state index is 0.0914. The maximum atomic E-state index is 9.45. The second-order valence-electron chi connectivity index (χ2n) is 8.92. The second kappa shape index (κ2) is 22.5. The lowest BCUT2D eigenvalue weighted by atomic mass is 10.1. The first-order valence-corrected chi connectivity index (χ1v) is 15.0. The molecule has 0 saturated heterocycles. The molecule has 0 aromatic rings. The van der Waals surface area contributed by atoms with Gasteiger partial charge in [0.1, 0.15) is 13.1 Å². The highest BCUT2D eigenvalue weighted by Gasteiger charge is 2.27. The van der Waals surface area contributed by atoms with Gasteiger partial charge in [0.2, 0.25) is 16.2 Å². The highest BCUT2D eigenvalue weighted by atomic mass is 32.3. The van der Waals surface area contributed by atoms with Gasteiger partial charge >= 0.3 is 0 Å². The Balaban J connectivity index is 0.00000135. The van der Waals surface area contributed by atoms with E-state index >= 15 is 0 Å². The topological polar surface area (TPSA) is 98.7 Å². The van der Waals surface area contributed by atoms with Crippen molar-refractivity contribution in [2.24, 2.45) is 5.73 Å². The third-order valence-electron chi connectivity index (χ3n) is 6.08. The Morgan fingerprint density at radius 1 is 0.941 bits per heavy atom. The summed E-state index contributed by atoms with van der Waals surface area (Å²) in [6, 6.07) is 0. The predicted octanol–water partition coefficient (Wildman–Crippen LogP) is 5.21. The maximum Gasteiger partial charge on any atom is 0.247 e. The monoisotopic (exact) mass is 503 g/mol. The SMILES string of the molecule is CCCCCCCC/C=C\CCCCCCCC1=[N+](CCN)CCN1CC.CCOS(=O)(=O)[O-]. The lowest BCUT2D eigenvalue weighted by Crippen LogP contribution is -2.30. The molecule has 0 aromatic heterocycles. The maximum absolute atomic E-state index is 9.45. The molecule has 0 amide bonds. The van der Waals surface area contributed by atoms with Crippen molar-refractivity contribution in [1.82, 2.24) is 4.90 Å². The van der Waals surface area contributed by atoms with Crippen LogP contribution in [0.2, 0.25) is 0 Å². The Labute approximate surface area is 210 Å². The molecule has 1 heterocycles. The number of hydrogen-bond acceptors (Lipinski definition) is 6. The van der Waals surface area contributed by atoms with E-state index in [1.165, 1.54) is 110 Å². The zero-order valence-electron chi connectivity index (χ0n) is 22.3. The summed E-state index contributed by atoms with van der Waals surface area (Å²) in [5.74, 6) is 1.56. The molecule has 2 N–H and O–H groups in total. The number of allylic oxidation sites excluding steroid dienone is 2. The van der Waals surface area contributed by atoms with Gasteiger partial charge in [-0.2, -0.15) is 0 Å². The van der Waals surface area contributed by atoms with Crippen LogP contribution in [0.3, 0.4) is 0 Å². The summed E-state index contributed by atoms with van der Waals surface area (Å²) < 4.78 is 34.5. The Bertz CT molecular complexity index is 636. The first-order valence-electron chi connectivity index (χ1n) is 13.7. The second-order valence-corrected chi connectivity index (χ2v) is 9.97. The van der Waals surface area contributed by atoms with Crippen LogP contribution in [0.25, 0.3) is 0 Å². The third kappa shape index (κ3) is 19.4. The summed E-state index contributed by atoms with van der Waals surface area (Å²) in [6.45, 7) is 11.2. The van der Waals surface area contributed by atoms with E-state index in [9.17, 15) is 13.0 Å². The molecule has 0 fully saturated rings. The molecule has 0 atom stereocenters. The number of nitrogens with two attached hydrogens (primary N) is 1. The normalized spacial score (nSPS) is 14.2. The molecule has 8 heteroatoms. The fraction of sp³-hybridized carbons (Fsp3) is 0.885. The molecule has 0 bridgehead atoms. The van der Waals surface area contributed by atoms with E-state index < -0.39 is 10.4 Å². The quantitative estimate of drug-likeness (QED) is 0.0805. The average Bonchev–Trinajstić information content (AvgIpc) is 3.18. The van der Waals surface area contributed by atoms with Crippen LogP contribution >= 0.6 is 0 Å². The highest BCUT2D eigenvalue weighted by Crippen LogP contribution is 2.13. The lowest BCUT2D eigenvalue weighted by molar-refractivity contribution is -0.516. The van der Waals surface area contributed by atoms with Crippen molar-refractivity contribution in [2.75, 3.05) is 39.3 Å². The van der Waals surface area contributed by atoms with Crippen LogP contribution in [0, 0.1) is 0 Å². The van der Waals surface area contributed by atoms with E-state index in [1.807, 2.05) is 0 Å². The van der Waals surface area contributed by atoms with Crippen molar-refractivity contribution in [3.05, 3.63) is 12.2 Å². The molecule has 1 aliphatic rings. The number of unbranched alkanes of at least 4 members (excludes halogenated alkanes) is 11. The van der Waals surface area contributed by atoms with Crippen molar-refractivity contribution in [3.8, 4) is 0 Å². The standard InChI is InChI=1S/C24H48N3.C2H6O4S/c1-3-5-6-7-8-9-10-11-12-13-14-15-16-17-18-19-24-26(4-2)22-23-27(24)21-20-25;1-2-6-7(3,4)5/h11-12H,3-10,13-23,25H2,1-2H3;2H2,1H3,(H,3,4,5)/q+1;/p-1/b12-11-;. The first kappa shape index (κ1) is 33.0. The molecule has 1 rings (SSSR count).